The molecule has 0 aromatic carbocycles. The van der Waals surface area contributed by atoms with Crippen molar-refractivity contribution in [3.8, 4) is 0 Å². The smallest absolute Gasteiger partial charge is 0.150 e. The van der Waals surface area contributed by atoms with E-state index in [1.165, 1.54) is 0 Å². The summed E-state index contributed by atoms with van der Waals surface area (Å²) in [5.74, 6) is 1.42. The van der Waals surface area contributed by atoms with Gasteiger partial charge in [0.15, 0.2) is 9.84 Å². The van der Waals surface area contributed by atoms with E-state index in [1.807, 2.05) is 0 Å². The lowest BCUT2D eigenvalue weighted by molar-refractivity contribution is 0.155. The molecule has 1 N–H and O–H groups in total. The van der Waals surface area contributed by atoms with Gasteiger partial charge in [0, 0.05) is 13.7 Å². The zero-order chi connectivity index (χ0) is 13.8. The number of hydrogen-bond acceptors (Lipinski definition) is 4. The average Bonchev–Trinajstić information content (AvgIpc) is 2.56. The quantitative estimate of drug-likeness (QED) is 0.744. The summed E-state index contributed by atoms with van der Waals surface area (Å²) in [5.41, 5.74) is 0.130. The Hall–Kier alpha value is -0.130. The van der Waals surface area contributed by atoms with Crippen LogP contribution < -0.4 is 5.32 Å². The molecule has 4 nitrogen and oxygen atoms in total. The van der Waals surface area contributed by atoms with Gasteiger partial charge < -0.3 is 10.1 Å². The first-order chi connectivity index (χ1) is 8.26. The minimum atomic E-state index is -2.79. The van der Waals surface area contributed by atoms with Crippen molar-refractivity contribution in [1.82, 2.24) is 5.32 Å². The van der Waals surface area contributed by atoms with Crippen LogP contribution in [0.2, 0.25) is 0 Å². The summed E-state index contributed by atoms with van der Waals surface area (Å²) in [4.78, 5) is 0. The van der Waals surface area contributed by atoms with Crippen molar-refractivity contribution in [1.29, 1.82) is 0 Å². The van der Waals surface area contributed by atoms with Gasteiger partial charge in [0.2, 0.25) is 0 Å². The molecular weight excluding hydrogens is 250 g/mol. The predicted molar refractivity (Wildman–Crippen MR) is 74.5 cm³/mol. The van der Waals surface area contributed by atoms with Gasteiger partial charge in [-0.25, -0.2) is 8.42 Å². The van der Waals surface area contributed by atoms with E-state index in [4.69, 9.17) is 4.74 Å². The maximum Gasteiger partial charge on any atom is 0.150 e. The van der Waals surface area contributed by atoms with Crippen LogP contribution in [0, 0.1) is 17.3 Å². The maximum absolute atomic E-state index is 11.6. The molecule has 1 heterocycles. The molecule has 18 heavy (non-hydrogen) atoms. The highest BCUT2D eigenvalue weighted by Gasteiger charge is 2.38. The van der Waals surface area contributed by atoms with Crippen LogP contribution in [0.5, 0.6) is 0 Å². The Kier molecular flexibility index (Phi) is 5.62. The van der Waals surface area contributed by atoms with Crippen LogP contribution in [-0.4, -0.2) is 46.7 Å². The molecule has 0 radical (unpaired) electrons. The van der Waals surface area contributed by atoms with Crippen LogP contribution in [0.1, 0.15) is 27.2 Å². The minimum Gasteiger partial charge on any atom is -0.383 e. The molecule has 1 aliphatic heterocycles. The second-order valence-electron chi connectivity index (χ2n) is 6.33. The Morgan fingerprint density at radius 2 is 2.06 bits per heavy atom. The molecule has 0 amide bonds. The second kappa shape index (κ2) is 6.35. The van der Waals surface area contributed by atoms with Crippen molar-refractivity contribution in [2.75, 3.05) is 38.3 Å². The van der Waals surface area contributed by atoms with Gasteiger partial charge in [0.1, 0.15) is 0 Å². The molecule has 108 valence electrons. The summed E-state index contributed by atoms with van der Waals surface area (Å²) < 4.78 is 28.2. The highest BCUT2D eigenvalue weighted by atomic mass is 32.2. The normalized spacial score (nSPS) is 25.2. The van der Waals surface area contributed by atoms with Gasteiger partial charge in [-0.1, -0.05) is 20.8 Å². The number of rotatable bonds is 6. The standard InChI is InChI=1S/C13H27NO3S/c1-13(2,3)12(9-14-6-7-17-4)11-5-8-18(15,16)10-11/h11-12,14H,5-10H2,1-4H3. The lowest BCUT2D eigenvalue weighted by Gasteiger charge is -2.35. The lowest BCUT2D eigenvalue weighted by atomic mass is 9.73. The fourth-order valence-corrected chi connectivity index (χ4v) is 4.63. The van der Waals surface area contributed by atoms with Crippen molar-refractivity contribution in [3.63, 3.8) is 0 Å². The summed E-state index contributed by atoms with van der Waals surface area (Å²) in [7, 11) is -1.10. The molecule has 0 aromatic heterocycles. The largest absolute Gasteiger partial charge is 0.383 e. The van der Waals surface area contributed by atoms with Crippen molar-refractivity contribution >= 4 is 9.84 Å². The Morgan fingerprint density at radius 1 is 1.39 bits per heavy atom. The SMILES string of the molecule is COCCNCC(C1CCS(=O)(=O)C1)C(C)(C)C. The summed E-state index contributed by atoms with van der Waals surface area (Å²) in [6, 6.07) is 0. The van der Waals surface area contributed by atoms with E-state index in [0.29, 0.717) is 29.9 Å². The first-order valence-corrected chi connectivity index (χ1v) is 8.48. The molecule has 0 bridgehead atoms. The van der Waals surface area contributed by atoms with E-state index in [0.717, 1.165) is 19.5 Å². The minimum absolute atomic E-state index is 0.130. The third kappa shape index (κ3) is 4.86. The zero-order valence-corrected chi connectivity index (χ0v) is 12.8. The van der Waals surface area contributed by atoms with Gasteiger partial charge in [-0.15, -0.1) is 0 Å². The van der Waals surface area contributed by atoms with Crippen molar-refractivity contribution in [3.05, 3.63) is 0 Å². The molecule has 2 atom stereocenters. The number of nitrogens with one attached hydrogen (secondary N) is 1. The zero-order valence-electron chi connectivity index (χ0n) is 12.0. The molecular formula is C13H27NO3S. The molecule has 5 heteroatoms. The van der Waals surface area contributed by atoms with Gasteiger partial charge in [-0.2, -0.15) is 0 Å². The van der Waals surface area contributed by atoms with E-state index < -0.39 is 9.84 Å². The van der Waals surface area contributed by atoms with Crippen LogP contribution in [0.4, 0.5) is 0 Å². The topological polar surface area (TPSA) is 55.4 Å². The van der Waals surface area contributed by atoms with Crippen LogP contribution in [0.25, 0.3) is 0 Å². The summed E-state index contributed by atoms with van der Waals surface area (Å²) in [6.45, 7) is 8.97. The fourth-order valence-electron chi connectivity index (χ4n) is 2.75. The number of methoxy groups -OCH3 is 1. The van der Waals surface area contributed by atoms with Crippen LogP contribution in [0.15, 0.2) is 0 Å². The first kappa shape index (κ1) is 15.9. The van der Waals surface area contributed by atoms with Crippen molar-refractivity contribution in [2.45, 2.75) is 27.2 Å². The van der Waals surface area contributed by atoms with E-state index >= 15 is 0 Å². The Morgan fingerprint density at radius 3 is 2.50 bits per heavy atom. The summed E-state index contributed by atoms with van der Waals surface area (Å²) in [5, 5.41) is 3.38. The second-order valence-corrected chi connectivity index (χ2v) is 8.56. The molecule has 1 rings (SSSR count). The third-order valence-electron chi connectivity index (χ3n) is 3.80. The van der Waals surface area contributed by atoms with E-state index in [-0.39, 0.29) is 5.41 Å². The molecule has 1 fully saturated rings. The van der Waals surface area contributed by atoms with Crippen LogP contribution in [0.3, 0.4) is 0 Å². The van der Waals surface area contributed by atoms with Crippen molar-refractivity contribution in [2.24, 2.45) is 17.3 Å². The Bertz CT molecular complexity index is 346. The van der Waals surface area contributed by atoms with E-state index in [2.05, 4.69) is 26.1 Å². The monoisotopic (exact) mass is 277 g/mol. The van der Waals surface area contributed by atoms with E-state index in [1.54, 1.807) is 7.11 Å². The summed E-state index contributed by atoms with van der Waals surface area (Å²) in [6.07, 6.45) is 0.816. The molecule has 0 aromatic rings. The number of sulfone groups is 1. The molecule has 0 aliphatic carbocycles. The summed E-state index contributed by atoms with van der Waals surface area (Å²) >= 11 is 0. The van der Waals surface area contributed by atoms with Crippen LogP contribution >= 0.6 is 0 Å². The maximum atomic E-state index is 11.6. The average molecular weight is 277 g/mol. The Balaban J connectivity index is 2.57. The van der Waals surface area contributed by atoms with Gasteiger partial charge >= 0.3 is 0 Å². The lowest BCUT2D eigenvalue weighted by Crippen LogP contribution is -2.38. The molecule has 1 saturated heterocycles. The first-order valence-electron chi connectivity index (χ1n) is 6.66. The highest BCUT2D eigenvalue weighted by Crippen LogP contribution is 2.37. The van der Waals surface area contributed by atoms with Gasteiger partial charge in [0.05, 0.1) is 18.1 Å². The molecule has 1 aliphatic rings. The molecule has 0 spiro atoms. The third-order valence-corrected chi connectivity index (χ3v) is 5.59. The van der Waals surface area contributed by atoms with Gasteiger partial charge in [0.25, 0.3) is 0 Å². The molecule has 0 saturated carbocycles. The highest BCUT2D eigenvalue weighted by molar-refractivity contribution is 7.91. The van der Waals surface area contributed by atoms with Crippen LogP contribution in [-0.2, 0) is 14.6 Å². The predicted octanol–water partition coefficient (Wildman–Crippen LogP) is 1.32. The van der Waals surface area contributed by atoms with Crippen molar-refractivity contribution < 1.29 is 13.2 Å². The van der Waals surface area contributed by atoms with Gasteiger partial charge in [-0.3, -0.25) is 0 Å². The van der Waals surface area contributed by atoms with Gasteiger partial charge in [-0.05, 0) is 30.2 Å². The van der Waals surface area contributed by atoms with E-state index in [9.17, 15) is 8.42 Å². The number of hydrogen-bond donors (Lipinski definition) is 1. The number of ether oxygens (including phenoxy) is 1. The Labute approximate surface area is 111 Å². The molecule has 2 unspecified atom stereocenters. The fraction of sp³-hybridized carbons (Fsp3) is 1.00.